The molecule has 2 atom stereocenters. The maximum absolute atomic E-state index is 12.4. The highest BCUT2D eigenvalue weighted by Gasteiger charge is 2.25. The van der Waals surface area contributed by atoms with E-state index in [0.717, 1.165) is 24.8 Å². The number of fused-ring (bicyclic) bond motifs is 1. The molecule has 2 amide bonds. The van der Waals surface area contributed by atoms with Gasteiger partial charge in [0.25, 0.3) is 11.8 Å². The van der Waals surface area contributed by atoms with Crippen molar-refractivity contribution in [3.63, 3.8) is 0 Å². The van der Waals surface area contributed by atoms with Gasteiger partial charge < -0.3 is 15.4 Å². The van der Waals surface area contributed by atoms with Gasteiger partial charge in [-0.2, -0.15) is 0 Å². The summed E-state index contributed by atoms with van der Waals surface area (Å²) in [6.07, 6.45) is 1.93. The fourth-order valence-electron chi connectivity index (χ4n) is 3.33. The quantitative estimate of drug-likeness (QED) is 0.755. The lowest BCUT2D eigenvalue weighted by molar-refractivity contribution is -0.154. The first-order valence-corrected chi connectivity index (χ1v) is 9.45. The molecule has 2 aromatic rings. The Bertz CT molecular complexity index is 851. The first kappa shape index (κ1) is 19.6. The van der Waals surface area contributed by atoms with Gasteiger partial charge >= 0.3 is 5.97 Å². The number of ether oxygens (including phenoxy) is 1. The second-order valence-corrected chi connectivity index (χ2v) is 6.83. The Kier molecular flexibility index (Phi) is 6.42. The first-order chi connectivity index (χ1) is 13.5. The van der Waals surface area contributed by atoms with Crippen LogP contribution in [0.4, 0.5) is 0 Å². The molecule has 6 heteroatoms. The molecule has 0 saturated heterocycles. The second-order valence-electron chi connectivity index (χ2n) is 6.83. The van der Waals surface area contributed by atoms with Crippen LogP contribution < -0.4 is 10.6 Å². The Morgan fingerprint density at radius 2 is 1.79 bits per heavy atom. The molecule has 0 heterocycles. The van der Waals surface area contributed by atoms with Crippen LogP contribution in [0.3, 0.4) is 0 Å². The molecule has 0 unspecified atom stereocenters. The molecule has 146 valence electrons. The SMILES string of the molecule is C[C@@H](OC(=O)CNC(=O)c1ccccc1)C(=O)N[C@@H]1CCCc2ccccc21. The number of nitrogens with one attached hydrogen (secondary N) is 2. The molecule has 0 bridgehead atoms. The number of benzene rings is 2. The van der Waals surface area contributed by atoms with E-state index in [0.29, 0.717) is 5.56 Å². The van der Waals surface area contributed by atoms with Gasteiger partial charge in [-0.15, -0.1) is 0 Å². The molecule has 0 fully saturated rings. The summed E-state index contributed by atoms with van der Waals surface area (Å²) in [6.45, 7) is 1.23. The predicted octanol–water partition coefficient (Wildman–Crippen LogP) is 2.54. The summed E-state index contributed by atoms with van der Waals surface area (Å²) in [5, 5.41) is 5.46. The van der Waals surface area contributed by atoms with Gasteiger partial charge in [0.2, 0.25) is 0 Å². The third kappa shape index (κ3) is 4.97. The Balaban J connectivity index is 1.48. The molecular formula is C22H24N2O4. The van der Waals surface area contributed by atoms with E-state index in [1.54, 1.807) is 30.3 Å². The summed E-state index contributed by atoms with van der Waals surface area (Å²) in [5.41, 5.74) is 2.82. The number of hydrogen-bond acceptors (Lipinski definition) is 4. The lowest BCUT2D eigenvalue weighted by Crippen LogP contribution is -2.41. The molecule has 1 aliphatic rings. The van der Waals surface area contributed by atoms with E-state index >= 15 is 0 Å². The minimum absolute atomic E-state index is 0.0728. The van der Waals surface area contributed by atoms with Gasteiger partial charge in [-0.25, -0.2) is 0 Å². The summed E-state index contributed by atoms with van der Waals surface area (Å²) >= 11 is 0. The van der Waals surface area contributed by atoms with E-state index in [1.807, 2.05) is 18.2 Å². The zero-order valence-electron chi connectivity index (χ0n) is 15.8. The molecular weight excluding hydrogens is 356 g/mol. The molecule has 2 aromatic carbocycles. The zero-order chi connectivity index (χ0) is 19.9. The molecule has 2 N–H and O–H groups in total. The highest BCUT2D eigenvalue weighted by Crippen LogP contribution is 2.29. The van der Waals surface area contributed by atoms with Gasteiger partial charge in [0.15, 0.2) is 6.10 Å². The molecule has 6 nitrogen and oxygen atoms in total. The van der Waals surface area contributed by atoms with E-state index in [2.05, 4.69) is 16.7 Å². The fourth-order valence-corrected chi connectivity index (χ4v) is 3.33. The standard InChI is InChI=1S/C22H24N2O4/c1-15(28-20(25)14-23-22(27)17-9-3-2-4-10-17)21(26)24-19-13-7-11-16-8-5-6-12-18(16)19/h2-6,8-10,12,15,19H,7,11,13-14H2,1H3,(H,23,27)(H,24,26)/t15-,19-/m1/s1. The van der Waals surface area contributed by atoms with Gasteiger partial charge in [0.05, 0.1) is 6.04 Å². The van der Waals surface area contributed by atoms with Crippen LogP contribution in [0.15, 0.2) is 54.6 Å². The number of hydrogen-bond donors (Lipinski definition) is 2. The topological polar surface area (TPSA) is 84.5 Å². The van der Waals surface area contributed by atoms with Crippen LogP contribution in [-0.2, 0) is 20.7 Å². The highest BCUT2D eigenvalue weighted by molar-refractivity contribution is 5.96. The Morgan fingerprint density at radius 3 is 2.57 bits per heavy atom. The molecule has 28 heavy (non-hydrogen) atoms. The summed E-state index contributed by atoms with van der Waals surface area (Å²) in [5.74, 6) is -1.37. The number of rotatable bonds is 6. The molecule has 0 aromatic heterocycles. The van der Waals surface area contributed by atoms with E-state index in [1.165, 1.54) is 12.5 Å². The number of carbonyl (C=O) groups is 3. The van der Waals surface area contributed by atoms with Gasteiger partial charge in [0.1, 0.15) is 6.54 Å². The van der Waals surface area contributed by atoms with Crippen molar-refractivity contribution in [1.82, 2.24) is 10.6 Å². The largest absolute Gasteiger partial charge is 0.451 e. The zero-order valence-corrected chi connectivity index (χ0v) is 15.8. The predicted molar refractivity (Wildman–Crippen MR) is 105 cm³/mol. The summed E-state index contributed by atoms with van der Waals surface area (Å²) in [7, 11) is 0. The molecule has 3 rings (SSSR count). The van der Waals surface area contributed by atoms with Crippen LogP contribution in [0.25, 0.3) is 0 Å². The van der Waals surface area contributed by atoms with Crippen molar-refractivity contribution in [2.75, 3.05) is 6.54 Å². The van der Waals surface area contributed by atoms with Crippen molar-refractivity contribution < 1.29 is 19.1 Å². The van der Waals surface area contributed by atoms with Crippen LogP contribution in [0.2, 0.25) is 0 Å². The minimum Gasteiger partial charge on any atom is -0.451 e. The van der Waals surface area contributed by atoms with Gasteiger partial charge in [-0.3, -0.25) is 14.4 Å². The van der Waals surface area contributed by atoms with Gasteiger partial charge in [0, 0.05) is 5.56 Å². The van der Waals surface area contributed by atoms with Crippen molar-refractivity contribution in [2.45, 2.75) is 38.3 Å². The van der Waals surface area contributed by atoms with Crippen LogP contribution >= 0.6 is 0 Å². The van der Waals surface area contributed by atoms with E-state index in [9.17, 15) is 14.4 Å². The molecule has 0 saturated carbocycles. The Labute approximate surface area is 164 Å². The lowest BCUT2D eigenvalue weighted by Gasteiger charge is -2.27. The number of carbonyl (C=O) groups excluding carboxylic acids is 3. The fraction of sp³-hybridized carbons (Fsp3) is 0.318. The van der Waals surface area contributed by atoms with Crippen molar-refractivity contribution in [3.05, 3.63) is 71.3 Å². The maximum atomic E-state index is 12.4. The van der Waals surface area contributed by atoms with Crippen molar-refractivity contribution in [3.8, 4) is 0 Å². The summed E-state index contributed by atoms with van der Waals surface area (Å²) < 4.78 is 5.16. The Morgan fingerprint density at radius 1 is 1.07 bits per heavy atom. The van der Waals surface area contributed by atoms with Crippen LogP contribution in [0.5, 0.6) is 0 Å². The average Bonchev–Trinajstić information content (AvgIpc) is 2.73. The molecule has 0 aliphatic heterocycles. The maximum Gasteiger partial charge on any atom is 0.326 e. The lowest BCUT2D eigenvalue weighted by atomic mass is 9.87. The van der Waals surface area contributed by atoms with Crippen molar-refractivity contribution in [1.29, 1.82) is 0 Å². The van der Waals surface area contributed by atoms with E-state index in [-0.39, 0.29) is 24.4 Å². The van der Waals surface area contributed by atoms with E-state index < -0.39 is 12.1 Å². The normalized spacial score (nSPS) is 16.4. The molecule has 0 spiro atoms. The van der Waals surface area contributed by atoms with Crippen molar-refractivity contribution in [2.24, 2.45) is 0 Å². The molecule has 1 aliphatic carbocycles. The van der Waals surface area contributed by atoms with E-state index in [4.69, 9.17) is 4.74 Å². The number of esters is 1. The highest BCUT2D eigenvalue weighted by atomic mass is 16.5. The van der Waals surface area contributed by atoms with Crippen LogP contribution in [0.1, 0.15) is 47.3 Å². The van der Waals surface area contributed by atoms with Gasteiger partial charge in [-0.05, 0) is 49.4 Å². The van der Waals surface area contributed by atoms with Gasteiger partial charge in [-0.1, -0.05) is 42.5 Å². The molecule has 0 radical (unpaired) electrons. The first-order valence-electron chi connectivity index (χ1n) is 9.45. The van der Waals surface area contributed by atoms with Crippen LogP contribution in [-0.4, -0.2) is 30.4 Å². The second kappa shape index (κ2) is 9.17. The smallest absolute Gasteiger partial charge is 0.326 e. The van der Waals surface area contributed by atoms with Crippen molar-refractivity contribution >= 4 is 17.8 Å². The number of aryl methyl sites for hydroxylation is 1. The number of amides is 2. The minimum atomic E-state index is -0.935. The van der Waals surface area contributed by atoms with Crippen LogP contribution in [0, 0.1) is 0 Å². The summed E-state index contributed by atoms with van der Waals surface area (Å²) in [4.78, 5) is 36.4. The third-order valence-electron chi connectivity index (χ3n) is 4.79. The monoisotopic (exact) mass is 380 g/mol. The Hall–Kier alpha value is -3.15. The average molecular weight is 380 g/mol. The third-order valence-corrected chi connectivity index (χ3v) is 4.79. The summed E-state index contributed by atoms with van der Waals surface area (Å²) in [6, 6.07) is 16.6.